The summed E-state index contributed by atoms with van der Waals surface area (Å²) in [5.41, 5.74) is 2.65. The Morgan fingerprint density at radius 2 is 1.95 bits per heavy atom. The zero-order valence-corrected chi connectivity index (χ0v) is 13.0. The van der Waals surface area contributed by atoms with E-state index >= 15 is 0 Å². The second-order valence-corrected chi connectivity index (χ2v) is 5.41. The predicted molar refractivity (Wildman–Crippen MR) is 84.3 cm³/mol. The maximum Gasteiger partial charge on any atom is 0.338 e. The molecule has 118 valence electrons. The zero-order chi connectivity index (χ0) is 15.9. The third-order valence-electron chi connectivity index (χ3n) is 3.57. The van der Waals surface area contributed by atoms with E-state index in [9.17, 15) is 9.59 Å². The van der Waals surface area contributed by atoms with Gasteiger partial charge in [-0.15, -0.1) is 0 Å². The first-order chi connectivity index (χ1) is 10.6. The Hall–Kier alpha value is -2.30. The molecule has 1 saturated carbocycles. The lowest BCUT2D eigenvalue weighted by atomic mass is 10.1. The molecule has 0 saturated heterocycles. The molecule has 0 unspecified atom stereocenters. The van der Waals surface area contributed by atoms with E-state index in [1.807, 2.05) is 6.92 Å². The number of carbonyl (C=O) groups excluding carboxylic acids is 2. The normalized spacial score (nSPS) is 14.4. The number of rotatable bonds is 6. The maximum absolute atomic E-state index is 11.7. The monoisotopic (exact) mass is 302 g/mol. The van der Waals surface area contributed by atoms with Crippen LogP contribution in [0, 0.1) is 5.92 Å². The molecule has 0 aliphatic heterocycles. The number of ether oxygens (including phenoxy) is 1. The lowest BCUT2D eigenvalue weighted by molar-refractivity contribution is 0.0526. The van der Waals surface area contributed by atoms with Crippen molar-refractivity contribution in [3.05, 3.63) is 47.2 Å². The minimum Gasteiger partial charge on any atom is -0.462 e. The van der Waals surface area contributed by atoms with Crippen LogP contribution in [-0.2, 0) is 11.3 Å². The highest BCUT2D eigenvalue weighted by molar-refractivity contribution is 5.89. The summed E-state index contributed by atoms with van der Waals surface area (Å²) in [6.45, 7) is 4.57. The van der Waals surface area contributed by atoms with Gasteiger partial charge in [-0.3, -0.25) is 0 Å². The van der Waals surface area contributed by atoms with Crippen LogP contribution in [0.5, 0.6) is 0 Å². The number of urea groups is 1. The molecule has 2 amide bonds. The second kappa shape index (κ2) is 7.64. The van der Waals surface area contributed by atoms with Gasteiger partial charge in [0.25, 0.3) is 0 Å². The predicted octanol–water partition coefficient (Wildman–Crippen LogP) is 2.98. The molecule has 5 heteroatoms. The quantitative estimate of drug-likeness (QED) is 0.794. The highest BCUT2D eigenvalue weighted by Gasteiger charge is 2.22. The molecule has 22 heavy (non-hydrogen) atoms. The summed E-state index contributed by atoms with van der Waals surface area (Å²) in [4.78, 5) is 23.2. The highest BCUT2D eigenvalue weighted by atomic mass is 16.5. The summed E-state index contributed by atoms with van der Waals surface area (Å²) in [5, 5.41) is 5.51. The standard InChI is InChI=1S/C17H22N2O3/c1-3-22-16(20)15-6-4-13(5-7-15)11-19-17(21)18-10-12(2)14-8-9-14/h4-7,10,14H,3,8-9,11H2,1-2H3,(H2,18,19,21)/b12-10+. The molecule has 0 radical (unpaired) electrons. The first kappa shape index (κ1) is 16.1. The molecule has 0 atom stereocenters. The van der Waals surface area contributed by atoms with Crippen LogP contribution in [0.2, 0.25) is 0 Å². The number of nitrogens with one attached hydrogen (secondary N) is 2. The van der Waals surface area contributed by atoms with Crippen molar-refractivity contribution in [2.75, 3.05) is 6.61 Å². The lowest BCUT2D eigenvalue weighted by Crippen LogP contribution is -2.31. The summed E-state index contributed by atoms with van der Waals surface area (Å²) in [6.07, 6.45) is 4.22. The molecule has 1 aliphatic rings. The first-order valence-corrected chi connectivity index (χ1v) is 7.57. The van der Waals surface area contributed by atoms with Crippen molar-refractivity contribution in [2.45, 2.75) is 33.2 Å². The summed E-state index contributed by atoms with van der Waals surface area (Å²) in [5.74, 6) is 0.316. The van der Waals surface area contributed by atoms with E-state index in [1.54, 1.807) is 37.4 Å². The van der Waals surface area contributed by atoms with E-state index in [4.69, 9.17) is 4.74 Å². The van der Waals surface area contributed by atoms with Crippen molar-refractivity contribution in [3.63, 3.8) is 0 Å². The molecular formula is C17H22N2O3. The van der Waals surface area contributed by atoms with Crippen LogP contribution in [0.4, 0.5) is 4.79 Å². The van der Waals surface area contributed by atoms with Gasteiger partial charge in [0.1, 0.15) is 0 Å². The van der Waals surface area contributed by atoms with Crippen LogP contribution < -0.4 is 10.6 Å². The first-order valence-electron chi connectivity index (χ1n) is 7.57. The minimum absolute atomic E-state index is 0.227. The Bertz CT molecular complexity index is 560. The summed E-state index contributed by atoms with van der Waals surface area (Å²) in [7, 11) is 0. The number of hydrogen-bond donors (Lipinski definition) is 2. The number of esters is 1. The number of benzene rings is 1. The van der Waals surface area contributed by atoms with Gasteiger partial charge in [0.05, 0.1) is 12.2 Å². The Kier molecular flexibility index (Phi) is 5.58. The van der Waals surface area contributed by atoms with E-state index in [0.717, 1.165) is 5.56 Å². The van der Waals surface area contributed by atoms with E-state index in [0.29, 0.717) is 24.6 Å². The van der Waals surface area contributed by atoms with Crippen LogP contribution in [0.25, 0.3) is 0 Å². The zero-order valence-electron chi connectivity index (χ0n) is 13.0. The number of hydrogen-bond acceptors (Lipinski definition) is 3. The van der Waals surface area contributed by atoms with Gasteiger partial charge < -0.3 is 15.4 Å². The van der Waals surface area contributed by atoms with Crippen molar-refractivity contribution >= 4 is 12.0 Å². The van der Waals surface area contributed by atoms with E-state index < -0.39 is 0 Å². The molecule has 0 aromatic heterocycles. The van der Waals surface area contributed by atoms with E-state index in [2.05, 4.69) is 10.6 Å². The van der Waals surface area contributed by atoms with Gasteiger partial charge >= 0.3 is 12.0 Å². The Morgan fingerprint density at radius 1 is 1.27 bits per heavy atom. The average Bonchev–Trinajstić information content (AvgIpc) is 3.36. The molecule has 1 fully saturated rings. The van der Waals surface area contributed by atoms with Crippen molar-refractivity contribution in [2.24, 2.45) is 5.92 Å². The molecule has 5 nitrogen and oxygen atoms in total. The van der Waals surface area contributed by atoms with Crippen LogP contribution in [0.3, 0.4) is 0 Å². The molecule has 2 rings (SSSR count). The van der Waals surface area contributed by atoms with Crippen molar-refractivity contribution < 1.29 is 14.3 Å². The minimum atomic E-state index is -0.333. The van der Waals surface area contributed by atoms with E-state index in [1.165, 1.54) is 18.4 Å². The average molecular weight is 302 g/mol. The Labute approximate surface area is 130 Å². The Morgan fingerprint density at radius 3 is 2.55 bits per heavy atom. The smallest absolute Gasteiger partial charge is 0.338 e. The van der Waals surface area contributed by atoms with Gasteiger partial charge in [-0.05, 0) is 50.3 Å². The molecule has 1 aromatic rings. The van der Waals surface area contributed by atoms with Gasteiger partial charge in [0.15, 0.2) is 0 Å². The van der Waals surface area contributed by atoms with Gasteiger partial charge in [-0.25, -0.2) is 9.59 Å². The molecule has 0 bridgehead atoms. The summed E-state index contributed by atoms with van der Waals surface area (Å²) < 4.78 is 4.92. The third-order valence-corrected chi connectivity index (χ3v) is 3.57. The Balaban J connectivity index is 1.77. The molecular weight excluding hydrogens is 280 g/mol. The van der Waals surface area contributed by atoms with Gasteiger partial charge in [0, 0.05) is 12.7 Å². The lowest BCUT2D eigenvalue weighted by Gasteiger charge is -2.07. The molecule has 2 N–H and O–H groups in total. The summed E-state index contributed by atoms with van der Waals surface area (Å²) >= 11 is 0. The molecule has 1 aliphatic carbocycles. The fourth-order valence-corrected chi connectivity index (χ4v) is 2.04. The summed E-state index contributed by atoms with van der Waals surface area (Å²) in [6, 6.07) is 6.78. The number of carbonyl (C=O) groups is 2. The van der Waals surface area contributed by atoms with Gasteiger partial charge in [0.2, 0.25) is 0 Å². The van der Waals surface area contributed by atoms with Crippen molar-refractivity contribution in [1.82, 2.24) is 10.6 Å². The number of amides is 2. The van der Waals surface area contributed by atoms with Crippen LogP contribution >= 0.6 is 0 Å². The van der Waals surface area contributed by atoms with Crippen LogP contribution in [-0.4, -0.2) is 18.6 Å². The van der Waals surface area contributed by atoms with Crippen LogP contribution in [0.1, 0.15) is 42.6 Å². The SMILES string of the molecule is CCOC(=O)c1ccc(CNC(=O)N/C=C(\C)C2CC2)cc1. The fraction of sp³-hybridized carbons (Fsp3) is 0.412. The van der Waals surface area contributed by atoms with Crippen molar-refractivity contribution in [3.8, 4) is 0 Å². The van der Waals surface area contributed by atoms with Crippen LogP contribution in [0.15, 0.2) is 36.0 Å². The fourth-order valence-electron chi connectivity index (χ4n) is 2.04. The number of allylic oxidation sites excluding steroid dienone is 1. The van der Waals surface area contributed by atoms with Gasteiger partial charge in [-0.2, -0.15) is 0 Å². The third kappa shape index (κ3) is 4.91. The second-order valence-electron chi connectivity index (χ2n) is 5.41. The van der Waals surface area contributed by atoms with E-state index in [-0.39, 0.29) is 12.0 Å². The highest BCUT2D eigenvalue weighted by Crippen LogP contribution is 2.35. The topological polar surface area (TPSA) is 67.4 Å². The maximum atomic E-state index is 11.7. The largest absolute Gasteiger partial charge is 0.462 e. The van der Waals surface area contributed by atoms with Gasteiger partial charge in [-0.1, -0.05) is 17.7 Å². The van der Waals surface area contributed by atoms with Crippen molar-refractivity contribution in [1.29, 1.82) is 0 Å². The molecule has 0 spiro atoms. The molecule has 1 aromatic carbocycles. The molecule has 0 heterocycles.